The van der Waals surface area contributed by atoms with Crippen molar-refractivity contribution in [2.75, 3.05) is 7.11 Å². The molecule has 0 bridgehead atoms. The van der Waals surface area contributed by atoms with Crippen molar-refractivity contribution in [3.05, 3.63) is 47.5 Å². The first-order valence-corrected chi connectivity index (χ1v) is 7.11. The SMILES string of the molecule is COc1ccccc1-c1cc(Cl)ccc1S(=O)(=O)[O-]. The Kier molecular flexibility index (Phi) is 3.80. The summed E-state index contributed by atoms with van der Waals surface area (Å²) in [5, 5.41) is 0.341. The van der Waals surface area contributed by atoms with Gasteiger partial charge in [-0.3, -0.25) is 0 Å². The third-order valence-electron chi connectivity index (χ3n) is 2.61. The summed E-state index contributed by atoms with van der Waals surface area (Å²) in [6.45, 7) is 0. The number of hydrogen-bond donors (Lipinski definition) is 0. The van der Waals surface area contributed by atoms with Gasteiger partial charge in [-0.1, -0.05) is 29.8 Å². The fraction of sp³-hybridized carbons (Fsp3) is 0.0769. The molecule has 2 aromatic carbocycles. The van der Waals surface area contributed by atoms with E-state index in [0.29, 0.717) is 16.3 Å². The van der Waals surface area contributed by atoms with Crippen LogP contribution >= 0.6 is 11.6 Å². The minimum absolute atomic E-state index is 0.236. The largest absolute Gasteiger partial charge is 0.744 e. The van der Waals surface area contributed by atoms with Gasteiger partial charge < -0.3 is 9.29 Å². The van der Waals surface area contributed by atoms with Crippen LogP contribution in [0, 0.1) is 0 Å². The maximum Gasteiger partial charge on any atom is 0.126 e. The van der Waals surface area contributed by atoms with E-state index in [-0.39, 0.29) is 10.5 Å². The van der Waals surface area contributed by atoms with Gasteiger partial charge in [0.1, 0.15) is 15.9 Å². The fourth-order valence-corrected chi connectivity index (χ4v) is 2.64. The molecule has 0 saturated carbocycles. The van der Waals surface area contributed by atoms with E-state index in [1.165, 1.54) is 25.3 Å². The Bertz CT molecular complexity index is 710. The Morgan fingerprint density at radius 1 is 1.11 bits per heavy atom. The van der Waals surface area contributed by atoms with E-state index in [1.807, 2.05) is 0 Å². The zero-order valence-corrected chi connectivity index (χ0v) is 11.5. The normalized spacial score (nSPS) is 11.3. The van der Waals surface area contributed by atoms with Crippen LogP contribution in [0.5, 0.6) is 5.75 Å². The highest BCUT2D eigenvalue weighted by Gasteiger charge is 2.14. The lowest BCUT2D eigenvalue weighted by Crippen LogP contribution is -2.01. The van der Waals surface area contributed by atoms with E-state index in [2.05, 4.69) is 0 Å². The summed E-state index contributed by atoms with van der Waals surface area (Å²) in [5.74, 6) is 0.467. The predicted molar refractivity (Wildman–Crippen MR) is 71.4 cm³/mol. The van der Waals surface area contributed by atoms with Gasteiger partial charge in [-0.15, -0.1) is 0 Å². The molecule has 0 radical (unpaired) electrons. The molecule has 0 saturated heterocycles. The van der Waals surface area contributed by atoms with Crippen LogP contribution in [0.3, 0.4) is 0 Å². The first-order valence-electron chi connectivity index (χ1n) is 5.32. The second-order valence-corrected chi connectivity index (χ2v) is 5.58. The van der Waals surface area contributed by atoms with Crippen LogP contribution in [0.1, 0.15) is 0 Å². The van der Waals surface area contributed by atoms with Crippen LogP contribution in [0.4, 0.5) is 0 Å². The fourth-order valence-electron chi connectivity index (χ4n) is 1.80. The molecule has 0 fully saturated rings. The summed E-state index contributed by atoms with van der Waals surface area (Å²) in [4.78, 5) is -0.318. The quantitative estimate of drug-likeness (QED) is 0.817. The molecule has 19 heavy (non-hydrogen) atoms. The van der Waals surface area contributed by atoms with Gasteiger partial charge in [0, 0.05) is 16.1 Å². The highest BCUT2D eigenvalue weighted by molar-refractivity contribution is 7.85. The molecule has 0 aliphatic carbocycles. The third kappa shape index (κ3) is 2.89. The minimum atomic E-state index is -4.59. The Balaban J connectivity index is 2.78. The van der Waals surface area contributed by atoms with Gasteiger partial charge in [-0.2, -0.15) is 0 Å². The molecule has 0 N–H and O–H groups in total. The van der Waals surface area contributed by atoms with Crippen LogP contribution in [-0.2, 0) is 10.1 Å². The summed E-state index contributed by atoms with van der Waals surface area (Å²) in [5.41, 5.74) is 0.738. The first kappa shape index (κ1) is 13.9. The van der Waals surface area contributed by atoms with Crippen molar-refractivity contribution < 1.29 is 17.7 Å². The van der Waals surface area contributed by atoms with E-state index in [1.54, 1.807) is 24.3 Å². The monoisotopic (exact) mass is 297 g/mol. The average Bonchev–Trinajstić information content (AvgIpc) is 2.37. The second kappa shape index (κ2) is 5.21. The van der Waals surface area contributed by atoms with Crippen molar-refractivity contribution in [3.8, 4) is 16.9 Å². The molecule has 0 atom stereocenters. The number of hydrogen-bond acceptors (Lipinski definition) is 4. The zero-order chi connectivity index (χ0) is 14.0. The predicted octanol–water partition coefficient (Wildman–Crippen LogP) is 2.92. The molecule has 2 aromatic rings. The number of halogens is 1. The van der Waals surface area contributed by atoms with Gasteiger partial charge in [0.25, 0.3) is 0 Å². The number of para-hydroxylation sites is 1. The van der Waals surface area contributed by atoms with E-state index >= 15 is 0 Å². The van der Waals surface area contributed by atoms with Crippen LogP contribution in [-0.4, -0.2) is 20.1 Å². The highest BCUT2D eigenvalue weighted by Crippen LogP contribution is 2.35. The summed E-state index contributed by atoms with van der Waals surface area (Å²) in [7, 11) is -3.12. The molecule has 4 nitrogen and oxygen atoms in total. The molecular formula is C13H10ClO4S-. The topological polar surface area (TPSA) is 66.4 Å². The molecule has 100 valence electrons. The van der Waals surface area contributed by atoms with Crippen molar-refractivity contribution >= 4 is 21.7 Å². The smallest absolute Gasteiger partial charge is 0.126 e. The second-order valence-electron chi connectivity index (χ2n) is 3.79. The standard InChI is InChI=1S/C13H11ClO4S/c1-18-12-5-3-2-4-10(12)11-8-9(14)6-7-13(11)19(15,16)17/h2-8H,1H3,(H,15,16,17)/p-1. The van der Waals surface area contributed by atoms with Gasteiger partial charge in [0.2, 0.25) is 0 Å². The van der Waals surface area contributed by atoms with Crippen molar-refractivity contribution in [2.45, 2.75) is 4.90 Å². The average molecular weight is 298 g/mol. The number of ether oxygens (including phenoxy) is 1. The van der Waals surface area contributed by atoms with Crippen molar-refractivity contribution in [2.24, 2.45) is 0 Å². The molecule has 0 heterocycles. The maximum absolute atomic E-state index is 11.3. The minimum Gasteiger partial charge on any atom is -0.744 e. The van der Waals surface area contributed by atoms with Crippen molar-refractivity contribution in [1.29, 1.82) is 0 Å². The van der Waals surface area contributed by atoms with E-state index in [0.717, 1.165) is 0 Å². The van der Waals surface area contributed by atoms with Gasteiger partial charge in [-0.05, 0) is 24.3 Å². The number of rotatable bonds is 3. The Labute approximate surface area is 116 Å². The molecule has 2 rings (SSSR count). The molecule has 6 heteroatoms. The summed E-state index contributed by atoms with van der Waals surface area (Å²) in [6, 6.07) is 10.8. The summed E-state index contributed by atoms with van der Waals surface area (Å²) in [6.07, 6.45) is 0. The molecule has 0 aliphatic heterocycles. The summed E-state index contributed by atoms with van der Waals surface area (Å²) < 4.78 is 39.1. The van der Waals surface area contributed by atoms with Crippen molar-refractivity contribution in [3.63, 3.8) is 0 Å². The maximum atomic E-state index is 11.3. The van der Waals surface area contributed by atoms with Crippen molar-refractivity contribution in [1.82, 2.24) is 0 Å². The van der Waals surface area contributed by atoms with E-state index < -0.39 is 10.1 Å². The highest BCUT2D eigenvalue weighted by atomic mass is 35.5. The third-order valence-corrected chi connectivity index (χ3v) is 3.74. The van der Waals surface area contributed by atoms with Crippen LogP contribution in [0.25, 0.3) is 11.1 Å². The number of methoxy groups -OCH3 is 1. The lowest BCUT2D eigenvalue weighted by Gasteiger charge is -2.15. The molecular weight excluding hydrogens is 288 g/mol. The Morgan fingerprint density at radius 3 is 2.42 bits per heavy atom. The van der Waals surface area contributed by atoms with E-state index in [9.17, 15) is 13.0 Å². The molecule has 0 aromatic heterocycles. The molecule has 0 spiro atoms. The molecule has 0 unspecified atom stereocenters. The molecule has 0 amide bonds. The van der Waals surface area contributed by atoms with Gasteiger partial charge in [-0.25, -0.2) is 8.42 Å². The Morgan fingerprint density at radius 2 is 1.79 bits per heavy atom. The van der Waals surface area contributed by atoms with Crippen LogP contribution in [0.15, 0.2) is 47.4 Å². The number of benzene rings is 2. The first-order chi connectivity index (χ1) is 8.93. The van der Waals surface area contributed by atoms with Crippen LogP contribution < -0.4 is 4.74 Å². The lowest BCUT2D eigenvalue weighted by atomic mass is 10.0. The Hall–Kier alpha value is -1.56. The van der Waals surface area contributed by atoms with Gasteiger partial charge >= 0.3 is 0 Å². The van der Waals surface area contributed by atoms with Gasteiger partial charge in [0.15, 0.2) is 0 Å². The molecule has 0 aliphatic rings. The zero-order valence-electron chi connectivity index (χ0n) is 9.96. The van der Waals surface area contributed by atoms with Gasteiger partial charge in [0.05, 0.1) is 12.0 Å². The van der Waals surface area contributed by atoms with Crippen LogP contribution in [0.2, 0.25) is 5.02 Å². The summed E-state index contributed by atoms with van der Waals surface area (Å²) >= 11 is 5.87. The van der Waals surface area contributed by atoms with E-state index in [4.69, 9.17) is 16.3 Å². The lowest BCUT2D eigenvalue weighted by molar-refractivity contribution is 0.416.